The van der Waals surface area contributed by atoms with Gasteiger partial charge in [-0.1, -0.05) is 51.0 Å². The van der Waals surface area contributed by atoms with Gasteiger partial charge in [-0.25, -0.2) is 4.79 Å². The number of unbranched alkanes of at least 4 members (excludes halogenated alkanes) is 3. The monoisotopic (exact) mass is 302 g/mol. The first-order valence-corrected chi connectivity index (χ1v) is 8.40. The average molecular weight is 302 g/mol. The summed E-state index contributed by atoms with van der Waals surface area (Å²) in [7, 11) is 0. The summed E-state index contributed by atoms with van der Waals surface area (Å²) in [5.41, 5.74) is 2.44. The second-order valence-electron chi connectivity index (χ2n) is 6.63. The van der Waals surface area contributed by atoms with Crippen LogP contribution in [0.2, 0.25) is 0 Å². The van der Waals surface area contributed by atoms with Gasteiger partial charge in [0.15, 0.2) is 0 Å². The number of rotatable bonds is 7. The predicted molar refractivity (Wildman–Crippen MR) is 94.0 cm³/mol. The van der Waals surface area contributed by atoms with Crippen molar-refractivity contribution in [1.82, 2.24) is 0 Å². The first-order valence-electron chi connectivity index (χ1n) is 8.40. The third-order valence-electron chi connectivity index (χ3n) is 3.47. The highest BCUT2D eigenvalue weighted by atomic mass is 16.6. The molecule has 122 valence electrons. The Bertz CT molecular complexity index is 507. The molecule has 0 aliphatic heterocycles. The van der Waals surface area contributed by atoms with Crippen molar-refractivity contribution >= 4 is 11.5 Å². The van der Waals surface area contributed by atoms with Crippen LogP contribution in [0.1, 0.15) is 82.6 Å². The van der Waals surface area contributed by atoms with E-state index in [-0.39, 0.29) is 5.97 Å². The predicted octanol–water partition coefficient (Wildman–Crippen LogP) is 6.02. The summed E-state index contributed by atoms with van der Waals surface area (Å²) >= 11 is 0. The number of carbonyl (C=O) groups is 1. The number of esters is 1. The van der Waals surface area contributed by atoms with Crippen LogP contribution in [0.4, 0.5) is 0 Å². The van der Waals surface area contributed by atoms with Gasteiger partial charge >= 0.3 is 5.97 Å². The molecular weight excluding hydrogens is 272 g/mol. The van der Waals surface area contributed by atoms with Crippen molar-refractivity contribution in [3.8, 4) is 0 Å². The minimum atomic E-state index is -0.471. The summed E-state index contributed by atoms with van der Waals surface area (Å²) in [6.45, 7) is 10.0. The van der Waals surface area contributed by atoms with Gasteiger partial charge in [-0.2, -0.15) is 0 Å². The fourth-order valence-electron chi connectivity index (χ4n) is 2.39. The van der Waals surface area contributed by atoms with Crippen LogP contribution in [0.15, 0.2) is 30.3 Å². The Hall–Kier alpha value is -1.57. The Morgan fingerprint density at radius 1 is 1.09 bits per heavy atom. The van der Waals surface area contributed by atoms with Crippen molar-refractivity contribution < 1.29 is 9.53 Å². The fourth-order valence-corrected chi connectivity index (χ4v) is 2.39. The lowest BCUT2D eigenvalue weighted by atomic mass is 9.96. The second kappa shape index (κ2) is 8.77. The van der Waals surface area contributed by atoms with E-state index in [1.54, 1.807) is 0 Å². The van der Waals surface area contributed by atoms with Crippen molar-refractivity contribution in [2.75, 3.05) is 0 Å². The molecule has 1 rings (SSSR count). The zero-order valence-electron chi connectivity index (χ0n) is 14.7. The molecule has 22 heavy (non-hydrogen) atoms. The smallest absolute Gasteiger partial charge is 0.339 e. The highest BCUT2D eigenvalue weighted by Gasteiger charge is 2.20. The van der Waals surface area contributed by atoms with Crippen molar-refractivity contribution in [1.29, 1.82) is 0 Å². The number of hydrogen-bond acceptors (Lipinski definition) is 2. The van der Waals surface area contributed by atoms with E-state index in [0.29, 0.717) is 5.56 Å². The molecule has 0 aliphatic rings. The molecule has 0 unspecified atom stereocenters. The maximum atomic E-state index is 12.4. The van der Waals surface area contributed by atoms with E-state index in [2.05, 4.69) is 19.9 Å². The van der Waals surface area contributed by atoms with Gasteiger partial charge < -0.3 is 4.74 Å². The number of carbonyl (C=O) groups excluding carboxylic acids is 1. The third kappa shape index (κ3) is 6.05. The lowest BCUT2D eigenvalue weighted by Crippen LogP contribution is -2.24. The Morgan fingerprint density at radius 3 is 2.27 bits per heavy atom. The van der Waals surface area contributed by atoms with Crippen molar-refractivity contribution in [2.24, 2.45) is 0 Å². The molecule has 2 nitrogen and oxygen atoms in total. The van der Waals surface area contributed by atoms with E-state index in [0.717, 1.165) is 18.4 Å². The zero-order valence-corrected chi connectivity index (χ0v) is 14.7. The number of benzene rings is 1. The number of hydrogen-bond donors (Lipinski definition) is 0. The van der Waals surface area contributed by atoms with E-state index in [1.807, 2.05) is 45.0 Å². The third-order valence-corrected chi connectivity index (χ3v) is 3.47. The van der Waals surface area contributed by atoms with E-state index >= 15 is 0 Å². The number of allylic oxidation sites excluding steroid dienone is 2. The van der Waals surface area contributed by atoms with Gasteiger partial charge in [0.25, 0.3) is 0 Å². The van der Waals surface area contributed by atoms with E-state index in [9.17, 15) is 4.79 Å². The van der Waals surface area contributed by atoms with Gasteiger partial charge in [0.2, 0.25) is 0 Å². The Kier molecular flexibility index (Phi) is 7.37. The van der Waals surface area contributed by atoms with Crippen LogP contribution >= 0.6 is 0 Å². The highest BCUT2D eigenvalue weighted by Crippen LogP contribution is 2.25. The normalized spacial score (nSPS) is 12.3. The average Bonchev–Trinajstić information content (AvgIpc) is 2.46. The van der Waals surface area contributed by atoms with E-state index in [4.69, 9.17) is 4.74 Å². The van der Waals surface area contributed by atoms with Crippen LogP contribution in [0.3, 0.4) is 0 Å². The first-order chi connectivity index (χ1) is 10.4. The lowest BCUT2D eigenvalue weighted by molar-refractivity contribution is 0.00692. The van der Waals surface area contributed by atoms with Crippen LogP contribution in [0.25, 0.3) is 5.57 Å². The van der Waals surface area contributed by atoms with Gasteiger partial charge in [0.1, 0.15) is 5.60 Å². The molecule has 0 saturated heterocycles. The quantitative estimate of drug-likeness (QED) is 0.455. The zero-order chi connectivity index (χ0) is 16.6. The lowest BCUT2D eigenvalue weighted by Gasteiger charge is -2.21. The molecule has 2 heteroatoms. The second-order valence-corrected chi connectivity index (χ2v) is 6.63. The van der Waals surface area contributed by atoms with Crippen LogP contribution in [0, 0.1) is 0 Å². The summed E-state index contributed by atoms with van der Waals surface area (Å²) in [5, 5.41) is 0. The molecule has 0 aromatic heterocycles. The van der Waals surface area contributed by atoms with Crippen LogP contribution in [0.5, 0.6) is 0 Å². The molecule has 0 saturated carbocycles. The van der Waals surface area contributed by atoms with Gasteiger partial charge in [-0.05, 0) is 57.2 Å². The SMILES string of the molecule is CCCCCC=C(CC)c1ccccc1C(=O)OC(C)(C)C. The summed E-state index contributed by atoms with van der Waals surface area (Å²) in [6.07, 6.45) is 7.95. The highest BCUT2D eigenvalue weighted by molar-refractivity contribution is 5.95. The summed E-state index contributed by atoms with van der Waals surface area (Å²) < 4.78 is 5.54. The molecule has 0 aliphatic carbocycles. The molecule has 0 N–H and O–H groups in total. The molecule has 0 amide bonds. The topological polar surface area (TPSA) is 26.3 Å². The molecule has 0 heterocycles. The van der Waals surface area contributed by atoms with Crippen molar-refractivity contribution in [2.45, 2.75) is 72.3 Å². The standard InChI is InChI=1S/C20H30O2/c1-6-8-9-10-13-16(7-2)17-14-11-12-15-18(17)19(21)22-20(3,4)5/h11-15H,6-10H2,1-5H3. The molecule has 0 atom stereocenters. The molecular formula is C20H30O2. The minimum absolute atomic E-state index is 0.240. The van der Waals surface area contributed by atoms with E-state index < -0.39 is 5.60 Å². The maximum absolute atomic E-state index is 12.4. The van der Waals surface area contributed by atoms with Crippen molar-refractivity contribution in [3.05, 3.63) is 41.5 Å². The molecule has 1 aromatic rings. The van der Waals surface area contributed by atoms with Crippen LogP contribution < -0.4 is 0 Å². The Morgan fingerprint density at radius 2 is 1.73 bits per heavy atom. The summed E-state index contributed by atoms with van der Waals surface area (Å²) in [6, 6.07) is 7.76. The van der Waals surface area contributed by atoms with E-state index in [1.165, 1.54) is 24.8 Å². The molecule has 0 bridgehead atoms. The van der Waals surface area contributed by atoms with Gasteiger partial charge in [0.05, 0.1) is 5.56 Å². The van der Waals surface area contributed by atoms with Crippen LogP contribution in [-0.2, 0) is 4.74 Å². The fraction of sp³-hybridized carbons (Fsp3) is 0.550. The van der Waals surface area contributed by atoms with Gasteiger partial charge in [0, 0.05) is 0 Å². The number of ether oxygens (including phenoxy) is 1. The van der Waals surface area contributed by atoms with Crippen molar-refractivity contribution in [3.63, 3.8) is 0 Å². The molecule has 0 fully saturated rings. The molecule has 0 spiro atoms. The molecule has 0 radical (unpaired) electrons. The molecule has 1 aromatic carbocycles. The van der Waals surface area contributed by atoms with Crippen LogP contribution in [-0.4, -0.2) is 11.6 Å². The first kappa shape index (κ1) is 18.5. The Labute approximate surface area is 135 Å². The van der Waals surface area contributed by atoms with Gasteiger partial charge in [-0.15, -0.1) is 0 Å². The largest absolute Gasteiger partial charge is 0.456 e. The summed E-state index contributed by atoms with van der Waals surface area (Å²) in [5.74, 6) is -0.240. The summed E-state index contributed by atoms with van der Waals surface area (Å²) in [4.78, 5) is 12.4. The Balaban J connectivity index is 3.00. The minimum Gasteiger partial charge on any atom is -0.456 e. The van der Waals surface area contributed by atoms with Gasteiger partial charge in [-0.3, -0.25) is 0 Å². The maximum Gasteiger partial charge on any atom is 0.339 e.